The second kappa shape index (κ2) is 5.20. The van der Waals surface area contributed by atoms with Gasteiger partial charge in [-0.15, -0.1) is 11.3 Å². The van der Waals surface area contributed by atoms with E-state index in [0.29, 0.717) is 0 Å². The van der Waals surface area contributed by atoms with Crippen LogP contribution in [0.15, 0.2) is 6.33 Å². The number of aliphatic hydroxyl groups is 1. The monoisotopic (exact) mass is 263 g/mol. The minimum absolute atomic E-state index is 0.211. The van der Waals surface area contributed by atoms with Gasteiger partial charge in [0.15, 0.2) is 0 Å². The van der Waals surface area contributed by atoms with Crippen molar-refractivity contribution in [2.45, 2.75) is 32.1 Å². The van der Waals surface area contributed by atoms with Crippen LogP contribution in [0, 0.1) is 0 Å². The lowest BCUT2D eigenvalue weighted by atomic mass is 9.97. The van der Waals surface area contributed by atoms with E-state index in [4.69, 9.17) is 5.11 Å². The second-order valence-electron chi connectivity index (χ2n) is 4.62. The molecule has 0 bridgehead atoms. The summed E-state index contributed by atoms with van der Waals surface area (Å²) in [6.07, 6.45) is 7.28. The first-order valence-corrected chi connectivity index (χ1v) is 7.32. The van der Waals surface area contributed by atoms with Crippen LogP contribution in [0.2, 0.25) is 0 Å². The van der Waals surface area contributed by atoms with E-state index in [1.807, 2.05) is 11.3 Å². The zero-order valence-electron chi connectivity index (χ0n) is 10.3. The summed E-state index contributed by atoms with van der Waals surface area (Å²) in [7, 11) is 0. The molecule has 2 aromatic heterocycles. The Labute approximate surface area is 110 Å². The summed E-state index contributed by atoms with van der Waals surface area (Å²) in [5.74, 6) is 0.938. The number of nitrogens with one attached hydrogen (secondary N) is 1. The Balaban J connectivity index is 2.00. The number of aromatic nitrogens is 2. The van der Waals surface area contributed by atoms with E-state index in [0.717, 1.165) is 30.0 Å². The number of hydrogen-bond acceptors (Lipinski definition) is 5. The summed E-state index contributed by atoms with van der Waals surface area (Å²) in [5, 5.41) is 13.4. The Kier molecular flexibility index (Phi) is 3.43. The number of anilines is 1. The predicted octanol–water partition coefficient (Wildman–Crippen LogP) is 2.36. The first-order chi connectivity index (χ1) is 8.90. The van der Waals surface area contributed by atoms with Gasteiger partial charge in [-0.3, -0.25) is 0 Å². The van der Waals surface area contributed by atoms with Crippen LogP contribution >= 0.6 is 11.3 Å². The SMILES string of the molecule is OCCCNc1ncnc2sc3c(c12)CCCC3. The fraction of sp³-hybridized carbons (Fsp3) is 0.538. The molecule has 0 fully saturated rings. The maximum atomic E-state index is 8.84. The van der Waals surface area contributed by atoms with Crippen LogP contribution in [0.4, 0.5) is 5.82 Å². The third-order valence-electron chi connectivity index (χ3n) is 3.38. The zero-order chi connectivity index (χ0) is 12.4. The molecule has 1 aliphatic rings. The van der Waals surface area contributed by atoms with E-state index in [9.17, 15) is 0 Å². The largest absolute Gasteiger partial charge is 0.396 e. The molecule has 3 rings (SSSR count). The van der Waals surface area contributed by atoms with Crippen molar-refractivity contribution in [3.63, 3.8) is 0 Å². The van der Waals surface area contributed by atoms with Gasteiger partial charge in [-0.05, 0) is 37.7 Å². The minimum Gasteiger partial charge on any atom is -0.396 e. The van der Waals surface area contributed by atoms with Crippen LogP contribution in [-0.2, 0) is 12.8 Å². The number of nitrogens with zero attached hydrogens (tertiary/aromatic N) is 2. The molecule has 0 radical (unpaired) electrons. The highest BCUT2D eigenvalue weighted by molar-refractivity contribution is 7.19. The molecule has 0 aromatic carbocycles. The number of aryl methyl sites for hydroxylation is 2. The molecule has 0 atom stereocenters. The minimum atomic E-state index is 0.211. The Morgan fingerprint density at radius 1 is 1.28 bits per heavy atom. The molecular formula is C13H17N3OS. The van der Waals surface area contributed by atoms with Gasteiger partial charge in [0.1, 0.15) is 17.0 Å². The van der Waals surface area contributed by atoms with Crippen LogP contribution in [0.3, 0.4) is 0 Å². The topological polar surface area (TPSA) is 58.0 Å². The summed E-state index contributed by atoms with van der Waals surface area (Å²) >= 11 is 1.81. The normalized spacial score (nSPS) is 14.7. The molecule has 0 saturated carbocycles. The van der Waals surface area contributed by atoms with Crippen molar-refractivity contribution >= 4 is 27.4 Å². The fourth-order valence-corrected chi connectivity index (χ4v) is 3.74. The van der Waals surface area contributed by atoms with Crippen LogP contribution in [0.5, 0.6) is 0 Å². The highest BCUT2D eigenvalue weighted by Gasteiger charge is 2.19. The molecule has 96 valence electrons. The molecule has 0 saturated heterocycles. The number of aliphatic hydroxyl groups excluding tert-OH is 1. The quantitative estimate of drug-likeness (QED) is 0.831. The van der Waals surface area contributed by atoms with Crippen molar-refractivity contribution in [1.82, 2.24) is 9.97 Å². The van der Waals surface area contributed by atoms with Gasteiger partial charge >= 0.3 is 0 Å². The molecule has 2 N–H and O–H groups in total. The number of hydrogen-bond donors (Lipinski definition) is 2. The van der Waals surface area contributed by atoms with Crippen molar-refractivity contribution in [2.24, 2.45) is 0 Å². The lowest BCUT2D eigenvalue weighted by Crippen LogP contribution is -2.06. The van der Waals surface area contributed by atoms with Crippen LogP contribution in [0.25, 0.3) is 10.2 Å². The van der Waals surface area contributed by atoms with Crippen LogP contribution in [-0.4, -0.2) is 28.2 Å². The first kappa shape index (κ1) is 11.9. The molecule has 0 spiro atoms. The van der Waals surface area contributed by atoms with Crippen molar-refractivity contribution in [2.75, 3.05) is 18.5 Å². The van der Waals surface area contributed by atoms with Gasteiger partial charge in [0.2, 0.25) is 0 Å². The molecule has 18 heavy (non-hydrogen) atoms. The average molecular weight is 263 g/mol. The van der Waals surface area contributed by atoms with E-state index < -0.39 is 0 Å². The molecule has 1 aliphatic carbocycles. The standard InChI is InChI=1S/C13H17N3OS/c17-7-3-6-14-12-11-9-4-1-2-5-10(9)18-13(11)16-8-15-12/h8,17H,1-7H2,(H,14,15,16). The average Bonchev–Trinajstić information content (AvgIpc) is 2.78. The highest BCUT2D eigenvalue weighted by atomic mass is 32.1. The molecular weight excluding hydrogens is 246 g/mol. The molecule has 0 unspecified atom stereocenters. The lowest BCUT2D eigenvalue weighted by molar-refractivity contribution is 0.292. The van der Waals surface area contributed by atoms with E-state index in [-0.39, 0.29) is 6.61 Å². The number of rotatable bonds is 4. The first-order valence-electron chi connectivity index (χ1n) is 6.50. The molecule has 5 heteroatoms. The van der Waals surface area contributed by atoms with Gasteiger partial charge in [-0.1, -0.05) is 0 Å². The second-order valence-corrected chi connectivity index (χ2v) is 5.70. The summed E-state index contributed by atoms with van der Waals surface area (Å²) in [6.45, 7) is 0.968. The van der Waals surface area contributed by atoms with Crippen molar-refractivity contribution in [3.05, 3.63) is 16.8 Å². The molecule has 0 aliphatic heterocycles. The smallest absolute Gasteiger partial charge is 0.138 e. The summed E-state index contributed by atoms with van der Waals surface area (Å²) < 4.78 is 0. The van der Waals surface area contributed by atoms with E-state index in [1.54, 1.807) is 6.33 Å². The molecule has 4 nitrogen and oxygen atoms in total. The van der Waals surface area contributed by atoms with Crippen LogP contribution in [0.1, 0.15) is 29.7 Å². The molecule has 0 amide bonds. The summed E-state index contributed by atoms with van der Waals surface area (Å²) in [6, 6.07) is 0. The van der Waals surface area contributed by atoms with Gasteiger partial charge in [0.25, 0.3) is 0 Å². The van der Waals surface area contributed by atoms with E-state index in [1.165, 1.54) is 35.1 Å². The van der Waals surface area contributed by atoms with Crippen molar-refractivity contribution < 1.29 is 5.11 Å². The summed E-state index contributed by atoms with van der Waals surface area (Å²) in [5.41, 5.74) is 1.45. The Hall–Kier alpha value is -1.20. The van der Waals surface area contributed by atoms with Gasteiger partial charge < -0.3 is 10.4 Å². The Morgan fingerprint density at radius 2 is 2.17 bits per heavy atom. The zero-order valence-corrected chi connectivity index (χ0v) is 11.1. The lowest BCUT2D eigenvalue weighted by Gasteiger charge is -2.12. The maximum Gasteiger partial charge on any atom is 0.138 e. The number of fused-ring (bicyclic) bond motifs is 3. The van der Waals surface area contributed by atoms with Crippen molar-refractivity contribution in [1.29, 1.82) is 0 Å². The van der Waals surface area contributed by atoms with Gasteiger partial charge in [-0.25, -0.2) is 9.97 Å². The predicted molar refractivity (Wildman–Crippen MR) is 74.2 cm³/mol. The van der Waals surface area contributed by atoms with Gasteiger partial charge in [-0.2, -0.15) is 0 Å². The van der Waals surface area contributed by atoms with E-state index in [2.05, 4.69) is 15.3 Å². The van der Waals surface area contributed by atoms with Gasteiger partial charge in [0, 0.05) is 18.0 Å². The Morgan fingerprint density at radius 3 is 3.06 bits per heavy atom. The third-order valence-corrected chi connectivity index (χ3v) is 4.58. The third kappa shape index (κ3) is 2.08. The molecule has 2 heterocycles. The highest BCUT2D eigenvalue weighted by Crippen LogP contribution is 2.37. The van der Waals surface area contributed by atoms with Gasteiger partial charge in [0.05, 0.1) is 5.39 Å². The van der Waals surface area contributed by atoms with E-state index >= 15 is 0 Å². The maximum absolute atomic E-state index is 8.84. The summed E-state index contributed by atoms with van der Waals surface area (Å²) in [4.78, 5) is 11.3. The number of thiophene rings is 1. The Bertz CT molecular complexity index is 552. The molecule has 2 aromatic rings. The fourth-order valence-electron chi connectivity index (χ4n) is 2.51. The van der Waals surface area contributed by atoms with Crippen molar-refractivity contribution in [3.8, 4) is 0 Å². The van der Waals surface area contributed by atoms with Crippen LogP contribution < -0.4 is 5.32 Å².